The van der Waals surface area contributed by atoms with Crippen molar-refractivity contribution in [3.05, 3.63) is 46.8 Å². The predicted molar refractivity (Wildman–Crippen MR) is 101 cm³/mol. The molecule has 2 aromatic rings. The molecule has 1 aliphatic rings. The van der Waals surface area contributed by atoms with Crippen LogP contribution in [-0.4, -0.2) is 31.5 Å². The lowest BCUT2D eigenvalue weighted by Crippen LogP contribution is -2.07. The third-order valence-electron chi connectivity index (χ3n) is 3.74. The zero-order valence-electron chi connectivity index (χ0n) is 13.2. The van der Waals surface area contributed by atoms with Gasteiger partial charge in [-0.3, -0.25) is 0 Å². The van der Waals surface area contributed by atoms with E-state index in [2.05, 4.69) is 71.9 Å². The standard InChI is InChI=1S/C18H22N2S2/c1-19(2)16-8-5-15(6-9-16)7-10-17-11-12-18(21-17)22-20-13-3-4-14-20/h5-12H,3-4,13-14H2,1-2H3/b10-7+. The topological polar surface area (TPSA) is 6.48 Å². The molecule has 0 bridgehead atoms. The van der Waals surface area contributed by atoms with Crippen LogP contribution in [0.25, 0.3) is 12.2 Å². The SMILES string of the molecule is CN(C)c1ccc(/C=C/c2ccc(SN3CCCC3)s2)cc1. The number of anilines is 1. The second-order valence-corrected chi connectivity index (χ2v) is 8.22. The molecule has 0 aliphatic carbocycles. The Kier molecular flexibility index (Phi) is 5.24. The third kappa shape index (κ3) is 4.15. The molecule has 1 fully saturated rings. The van der Waals surface area contributed by atoms with Gasteiger partial charge in [-0.2, -0.15) is 0 Å². The highest BCUT2D eigenvalue weighted by atomic mass is 32.2. The van der Waals surface area contributed by atoms with E-state index in [-0.39, 0.29) is 0 Å². The van der Waals surface area contributed by atoms with Gasteiger partial charge >= 0.3 is 0 Å². The van der Waals surface area contributed by atoms with E-state index < -0.39 is 0 Å². The second-order valence-electron chi connectivity index (χ2n) is 5.70. The van der Waals surface area contributed by atoms with E-state index in [0.717, 1.165) is 0 Å². The molecule has 3 rings (SSSR count). The van der Waals surface area contributed by atoms with Gasteiger partial charge in [0.1, 0.15) is 0 Å². The fraction of sp³-hybridized carbons (Fsp3) is 0.333. The lowest BCUT2D eigenvalue weighted by Gasteiger charge is -2.11. The Labute approximate surface area is 141 Å². The van der Waals surface area contributed by atoms with E-state index in [1.54, 1.807) is 0 Å². The van der Waals surface area contributed by atoms with Gasteiger partial charge in [0, 0.05) is 37.7 Å². The number of benzene rings is 1. The Balaban J connectivity index is 1.61. The second kappa shape index (κ2) is 7.36. The molecule has 1 saturated heterocycles. The molecule has 1 aromatic heterocycles. The van der Waals surface area contributed by atoms with Crippen molar-refractivity contribution in [3.63, 3.8) is 0 Å². The van der Waals surface area contributed by atoms with Gasteiger partial charge in [-0.25, -0.2) is 4.31 Å². The zero-order valence-corrected chi connectivity index (χ0v) is 14.8. The molecule has 0 saturated carbocycles. The zero-order chi connectivity index (χ0) is 15.4. The summed E-state index contributed by atoms with van der Waals surface area (Å²) in [5.74, 6) is 0. The lowest BCUT2D eigenvalue weighted by molar-refractivity contribution is 0.587. The van der Waals surface area contributed by atoms with Gasteiger partial charge in [0.05, 0.1) is 4.21 Å². The van der Waals surface area contributed by atoms with Crippen LogP contribution >= 0.6 is 23.3 Å². The van der Waals surface area contributed by atoms with Gasteiger partial charge in [0.15, 0.2) is 0 Å². The number of hydrogen-bond acceptors (Lipinski definition) is 4. The van der Waals surface area contributed by atoms with Crippen molar-refractivity contribution in [3.8, 4) is 0 Å². The van der Waals surface area contributed by atoms with Gasteiger partial charge in [-0.1, -0.05) is 18.2 Å². The minimum Gasteiger partial charge on any atom is -0.378 e. The minimum atomic E-state index is 1.23. The maximum absolute atomic E-state index is 2.47. The summed E-state index contributed by atoms with van der Waals surface area (Å²) < 4.78 is 3.86. The van der Waals surface area contributed by atoms with Gasteiger partial charge in [0.2, 0.25) is 0 Å². The molecule has 2 nitrogen and oxygen atoms in total. The molecule has 1 aliphatic heterocycles. The Hall–Kier alpha value is -1.23. The monoisotopic (exact) mass is 330 g/mol. The summed E-state index contributed by atoms with van der Waals surface area (Å²) in [5, 5.41) is 0. The summed E-state index contributed by atoms with van der Waals surface area (Å²) in [4.78, 5) is 3.44. The Bertz CT molecular complexity index is 623. The highest BCUT2D eigenvalue weighted by Gasteiger charge is 2.13. The van der Waals surface area contributed by atoms with E-state index in [4.69, 9.17) is 0 Å². The molecule has 1 aromatic carbocycles. The molecular formula is C18H22N2S2. The molecule has 0 spiro atoms. The maximum Gasteiger partial charge on any atom is 0.0759 e. The van der Waals surface area contributed by atoms with Crippen LogP contribution in [0.5, 0.6) is 0 Å². The highest BCUT2D eigenvalue weighted by molar-refractivity contribution is 7.99. The van der Waals surface area contributed by atoms with Crippen LogP contribution in [0.4, 0.5) is 5.69 Å². The van der Waals surface area contributed by atoms with Crippen molar-refractivity contribution in [2.75, 3.05) is 32.1 Å². The van der Waals surface area contributed by atoms with Crippen molar-refractivity contribution >= 4 is 41.1 Å². The molecule has 0 amide bonds. The van der Waals surface area contributed by atoms with Crippen LogP contribution in [0.1, 0.15) is 23.3 Å². The first-order valence-electron chi connectivity index (χ1n) is 7.69. The first-order valence-corrected chi connectivity index (χ1v) is 9.28. The number of thiophene rings is 1. The largest absolute Gasteiger partial charge is 0.378 e. The molecule has 116 valence electrons. The summed E-state index contributed by atoms with van der Waals surface area (Å²) in [7, 11) is 4.13. The summed E-state index contributed by atoms with van der Waals surface area (Å²) in [6.07, 6.45) is 7.08. The fourth-order valence-electron chi connectivity index (χ4n) is 2.44. The average Bonchev–Trinajstić information content (AvgIpc) is 3.18. The fourth-order valence-corrected chi connectivity index (χ4v) is 4.66. The van der Waals surface area contributed by atoms with E-state index in [9.17, 15) is 0 Å². The number of nitrogens with zero attached hydrogens (tertiary/aromatic N) is 2. The van der Waals surface area contributed by atoms with Gasteiger partial charge in [0.25, 0.3) is 0 Å². The third-order valence-corrected chi connectivity index (χ3v) is 5.99. The van der Waals surface area contributed by atoms with E-state index in [1.807, 2.05) is 23.3 Å². The molecule has 2 heterocycles. The summed E-state index contributed by atoms with van der Waals surface area (Å²) in [6.45, 7) is 2.46. The van der Waals surface area contributed by atoms with Crippen LogP contribution in [-0.2, 0) is 0 Å². The molecule has 0 radical (unpaired) electrons. The van der Waals surface area contributed by atoms with Crippen LogP contribution in [0.3, 0.4) is 0 Å². The lowest BCUT2D eigenvalue weighted by atomic mass is 10.2. The van der Waals surface area contributed by atoms with Crippen molar-refractivity contribution in [2.45, 2.75) is 17.1 Å². The van der Waals surface area contributed by atoms with Crippen LogP contribution in [0.15, 0.2) is 40.6 Å². The minimum absolute atomic E-state index is 1.23. The first kappa shape index (κ1) is 15.7. The molecule has 0 unspecified atom stereocenters. The quantitative estimate of drug-likeness (QED) is 0.705. The maximum atomic E-state index is 2.47. The average molecular weight is 331 g/mol. The van der Waals surface area contributed by atoms with E-state index >= 15 is 0 Å². The van der Waals surface area contributed by atoms with Crippen LogP contribution in [0.2, 0.25) is 0 Å². The van der Waals surface area contributed by atoms with Gasteiger partial charge in [-0.05, 0) is 60.7 Å². The Morgan fingerprint density at radius 3 is 2.41 bits per heavy atom. The molecule has 0 atom stereocenters. The van der Waals surface area contributed by atoms with Crippen LogP contribution in [0, 0.1) is 0 Å². The molecule has 4 heteroatoms. The molecule has 0 N–H and O–H groups in total. The number of rotatable bonds is 5. The summed E-state index contributed by atoms with van der Waals surface area (Å²) in [6, 6.07) is 13.1. The Morgan fingerprint density at radius 2 is 1.73 bits per heavy atom. The normalized spacial score (nSPS) is 15.7. The van der Waals surface area contributed by atoms with Crippen molar-refractivity contribution < 1.29 is 0 Å². The predicted octanol–water partition coefficient (Wildman–Crippen LogP) is 5.09. The number of hydrogen-bond donors (Lipinski definition) is 0. The van der Waals surface area contributed by atoms with Crippen molar-refractivity contribution in [1.29, 1.82) is 0 Å². The smallest absolute Gasteiger partial charge is 0.0759 e. The Morgan fingerprint density at radius 1 is 1.00 bits per heavy atom. The first-order chi connectivity index (χ1) is 10.7. The van der Waals surface area contributed by atoms with Gasteiger partial charge < -0.3 is 4.90 Å². The summed E-state index contributed by atoms with van der Waals surface area (Å²) >= 11 is 3.78. The van der Waals surface area contributed by atoms with Crippen molar-refractivity contribution in [2.24, 2.45) is 0 Å². The van der Waals surface area contributed by atoms with Crippen molar-refractivity contribution in [1.82, 2.24) is 4.31 Å². The molecular weight excluding hydrogens is 308 g/mol. The van der Waals surface area contributed by atoms with Crippen LogP contribution < -0.4 is 4.90 Å². The van der Waals surface area contributed by atoms with Gasteiger partial charge in [-0.15, -0.1) is 11.3 Å². The highest BCUT2D eigenvalue weighted by Crippen LogP contribution is 2.33. The molecule has 22 heavy (non-hydrogen) atoms. The van der Waals surface area contributed by atoms with E-state index in [0.29, 0.717) is 0 Å². The van der Waals surface area contributed by atoms with E-state index in [1.165, 1.54) is 46.3 Å². The summed E-state index contributed by atoms with van der Waals surface area (Å²) in [5.41, 5.74) is 2.48.